The normalized spacial score (nSPS) is 13.1. The van der Waals surface area contributed by atoms with Gasteiger partial charge in [-0.05, 0) is 36.5 Å². The second-order valence-electron chi connectivity index (χ2n) is 4.26. The molecule has 0 aliphatic carbocycles. The molecular formula is C12H19NO. The highest BCUT2D eigenvalue weighted by Crippen LogP contribution is 2.13. The highest BCUT2D eigenvalue weighted by atomic mass is 16.3. The van der Waals surface area contributed by atoms with Gasteiger partial charge >= 0.3 is 0 Å². The first-order valence-corrected chi connectivity index (χ1v) is 5.11. The van der Waals surface area contributed by atoms with Crippen LogP contribution >= 0.6 is 0 Å². The number of nitrogens with two attached hydrogens (primary N) is 1. The predicted octanol–water partition coefficient (Wildman–Crippen LogP) is 2.31. The van der Waals surface area contributed by atoms with Crippen LogP contribution in [0, 0.1) is 5.92 Å². The van der Waals surface area contributed by atoms with E-state index in [0.717, 1.165) is 12.8 Å². The second kappa shape index (κ2) is 5.01. The van der Waals surface area contributed by atoms with Crippen LogP contribution in [0.1, 0.15) is 25.8 Å². The summed E-state index contributed by atoms with van der Waals surface area (Å²) in [6.45, 7) is 4.35. The maximum atomic E-state index is 9.10. The summed E-state index contributed by atoms with van der Waals surface area (Å²) in [4.78, 5) is 0. The number of hydrogen-bond donors (Lipinski definition) is 2. The second-order valence-corrected chi connectivity index (χ2v) is 4.26. The summed E-state index contributed by atoms with van der Waals surface area (Å²) in [5.74, 6) is 0.952. The zero-order valence-electron chi connectivity index (χ0n) is 8.90. The van der Waals surface area contributed by atoms with Gasteiger partial charge in [-0.3, -0.25) is 0 Å². The van der Waals surface area contributed by atoms with E-state index >= 15 is 0 Å². The van der Waals surface area contributed by atoms with Crippen molar-refractivity contribution in [3.05, 3.63) is 29.8 Å². The van der Waals surface area contributed by atoms with Gasteiger partial charge in [0.2, 0.25) is 0 Å². The average Bonchev–Trinajstić information content (AvgIpc) is 2.07. The zero-order valence-corrected chi connectivity index (χ0v) is 8.90. The number of phenols is 1. The van der Waals surface area contributed by atoms with Gasteiger partial charge in [-0.1, -0.05) is 26.0 Å². The fourth-order valence-electron chi connectivity index (χ4n) is 1.62. The molecule has 1 aromatic carbocycles. The third-order valence-corrected chi connectivity index (χ3v) is 2.21. The Morgan fingerprint density at radius 1 is 1.21 bits per heavy atom. The monoisotopic (exact) mass is 193 g/mol. The molecular weight excluding hydrogens is 174 g/mol. The van der Waals surface area contributed by atoms with Crippen molar-refractivity contribution in [3.63, 3.8) is 0 Å². The number of aromatic hydroxyl groups is 1. The summed E-state index contributed by atoms with van der Waals surface area (Å²) in [5.41, 5.74) is 7.17. The van der Waals surface area contributed by atoms with Crippen LogP contribution in [0.4, 0.5) is 0 Å². The van der Waals surface area contributed by atoms with E-state index in [9.17, 15) is 0 Å². The van der Waals surface area contributed by atoms with Crippen molar-refractivity contribution in [2.45, 2.75) is 32.7 Å². The lowest BCUT2D eigenvalue weighted by Crippen LogP contribution is -2.24. The molecule has 78 valence electrons. The molecule has 2 heteroatoms. The molecule has 14 heavy (non-hydrogen) atoms. The molecule has 0 bridgehead atoms. The lowest BCUT2D eigenvalue weighted by Gasteiger charge is -2.13. The first kappa shape index (κ1) is 11.1. The summed E-state index contributed by atoms with van der Waals surface area (Å²) in [6.07, 6.45) is 1.93. The number of hydrogen-bond acceptors (Lipinski definition) is 2. The SMILES string of the molecule is CC(C)C[C@@H](N)Cc1ccc(O)cc1. The Morgan fingerprint density at radius 2 is 1.79 bits per heavy atom. The van der Waals surface area contributed by atoms with Gasteiger partial charge in [0.25, 0.3) is 0 Å². The summed E-state index contributed by atoms with van der Waals surface area (Å²) in [7, 11) is 0. The molecule has 0 unspecified atom stereocenters. The maximum absolute atomic E-state index is 9.10. The molecule has 0 heterocycles. The fourth-order valence-corrected chi connectivity index (χ4v) is 1.62. The van der Waals surface area contributed by atoms with Gasteiger partial charge in [-0.2, -0.15) is 0 Å². The van der Waals surface area contributed by atoms with E-state index in [4.69, 9.17) is 10.8 Å². The molecule has 0 amide bonds. The van der Waals surface area contributed by atoms with Gasteiger partial charge in [-0.25, -0.2) is 0 Å². The van der Waals surface area contributed by atoms with Gasteiger partial charge in [-0.15, -0.1) is 0 Å². The van der Waals surface area contributed by atoms with E-state index in [-0.39, 0.29) is 6.04 Å². The Balaban J connectivity index is 2.47. The van der Waals surface area contributed by atoms with Crippen molar-refractivity contribution < 1.29 is 5.11 Å². The quantitative estimate of drug-likeness (QED) is 0.770. The minimum Gasteiger partial charge on any atom is -0.508 e. The number of phenolic OH excluding ortho intramolecular Hbond substituents is 1. The lowest BCUT2D eigenvalue weighted by molar-refractivity contribution is 0.473. The molecule has 2 nitrogen and oxygen atoms in total. The molecule has 0 aromatic heterocycles. The molecule has 1 aromatic rings. The van der Waals surface area contributed by atoms with Crippen molar-refractivity contribution in [2.75, 3.05) is 0 Å². The fraction of sp³-hybridized carbons (Fsp3) is 0.500. The Kier molecular flexibility index (Phi) is 3.96. The van der Waals surface area contributed by atoms with Crippen LogP contribution in [0.3, 0.4) is 0 Å². The highest BCUT2D eigenvalue weighted by Gasteiger charge is 2.06. The minimum absolute atomic E-state index is 0.222. The smallest absolute Gasteiger partial charge is 0.115 e. The van der Waals surface area contributed by atoms with Crippen molar-refractivity contribution in [2.24, 2.45) is 11.7 Å². The topological polar surface area (TPSA) is 46.2 Å². The predicted molar refractivity (Wildman–Crippen MR) is 59.2 cm³/mol. The Bertz CT molecular complexity index is 266. The molecule has 0 spiro atoms. The lowest BCUT2D eigenvalue weighted by atomic mass is 9.98. The van der Waals surface area contributed by atoms with Gasteiger partial charge < -0.3 is 10.8 Å². The molecule has 1 rings (SSSR count). The first-order chi connectivity index (χ1) is 6.58. The van der Waals surface area contributed by atoms with Crippen LogP contribution < -0.4 is 5.73 Å². The summed E-state index contributed by atoms with van der Waals surface area (Å²) >= 11 is 0. The number of benzene rings is 1. The Labute approximate surface area is 85.8 Å². The third kappa shape index (κ3) is 3.79. The Morgan fingerprint density at radius 3 is 2.29 bits per heavy atom. The van der Waals surface area contributed by atoms with Crippen molar-refractivity contribution in [1.82, 2.24) is 0 Å². The van der Waals surface area contributed by atoms with Crippen LogP contribution in [0.15, 0.2) is 24.3 Å². The molecule has 3 N–H and O–H groups in total. The highest BCUT2D eigenvalue weighted by molar-refractivity contribution is 5.26. The van der Waals surface area contributed by atoms with E-state index in [2.05, 4.69) is 13.8 Å². The molecule has 0 saturated carbocycles. The van der Waals surface area contributed by atoms with E-state index in [0.29, 0.717) is 11.7 Å². The van der Waals surface area contributed by atoms with Crippen molar-refractivity contribution >= 4 is 0 Å². The van der Waals surface area contributed by atoms with Gasteiger partial charge in [0.15, 0.2) is 0 Å². The third-order valence-electron chi connectivity index (χ3n) is 2.21. The standard InChI is InChI=1S/C12H19NO/c1-9(2)7-11(13)8-10-3-5-12(14)6-4-10/h3-6,9,11,14H,7-8,13H2,1-2H3/t11-/m1/s1. The molecule has 0 radical (unpaired) electrons. The van der Waals surface area contributed by atoms with Gasteiger partial charge in [0.05, 0.1) is 0 Å². The summed E-state index contributed by atoms with van der Waals surface area (Å²) in [6, 6.07) is 7.49. The zero-order chi connectivity index (χ0) is 10.6. The van der Waals surface area contributed by atoms with E-state index in [1.807, 2.05) is 12.1 Å². The summed E-state index contributed by atoms with van der Waals surface area (Å²) < 4.78 is 0. The van der Waals surface area contributed by atoms with Crippen LogP contribution in [0.2, 0.25) is 0 Å². The molecule has 0 saturated heterocycles. The van der Waals surface area contributed by atoms with Crippen molar-refractivity contribution in [3.8, 4) is 5.75 Å². The average molecular weight is 193 g/mol. The first-order valence-electron chi connectivity index (χ1n) is 5.11. The molecule has 0 aliphatic rings. The van der Waals surface area contributed by atoms with Crippen LogP contribution in [-0.2, 0) is 6.42 Å². The van der Waals surface area contributed by atoms with Gasteiger partial charge in [0, 0.05) is 6.04 Å². The largest absolute Gasteiger partial charge is 0.508 e. The van der Waals surface area contributed by atoms with E-state index in [1.54, 1.807) is 12.1 Å². The summed E-state index contributed by atoms with van der Waals surface area (Å²) in [5, 5.41) is 9.10. The molecule has 0 fully saturated rings. The van der Waals surface area contributed by atoms with Crippen molar-refractivity contribution in [1.29, 1.82) is 0 Å². The van der Waals surface area contributed by atoms with Crippen LogP contribution in [0.5, 0.6) is 5.75 Å². The Hall–Kier alpha value is -1.02. The van der Waals surface area contributed by atoms with E-state index < -0.39 is 0 Å². The molecule has 1 atom stereocenters. The van der Waals surface area contributed by atoms with Crippen LogP contribution in [0.25, 0.3) is 0 Å². The maximum Gasteiger partial charge on any atom is 0.115 e. The van der Waals surface area contributed by atoms with E-state index in [1.165, 1.54) is 5.56 Å². The minimum atomic E-state index is 0.222. The van der Waals surface area contributed by atoms with Crippen LogP contribution in [-0.4, -0.2) is 11.1 Å². The molecule has 0 aliphatic heterocycles. The number of rotatable bonds is 4. The van der Waals surface area contributed by atoms with Gasteiger partial charge in [0.1, 0.15) is 5.75 Å².